The molecule has 2 rings (SSSR count). The molecule has 130 valence electrons. The molecule has 8 nitrogen and oxygen atoms in total. The number of esters is 1. The molecule has 0 spiro atoms. The van der Waals surface area contributed by atoms with E-state index in [2.05, 4.69) is 9.84 Å². The smallest absolute Gasteiger partial charge is 0.307 e. The Hall–Kier alpha value is -2.26. The summed E-state index contributed by atoms with van der Waals surface area (Å²) in [5, 5.41) is 15.0. The average molecular weight is 354 g/mol. The van der Waals surface area contributed by atoms with E-state index in [0.29, 0.717) is 5.56 Å². The largest absolute Gasteiger partial charge is 0.469 e. The summed E-state index contributed by atoms with van der Waals surface area (Å²) in [4.78, 5) is 24.3. The van der Waals surface area contributed by atoms with Gasteiger partial charge in [0.2, 0.25) is 0 Å². The zero-order valence-corrected chi connectivity index (χ0v) is 14.3. The van der Waals surface area contributed by atoms with Crippen LogP contribution in [0.15, 0.2) is 34.3 Å². The van der Waals surface area contributed by atoms with Crippen LogP contribution in [0.25, 0.3) is 0 Å². The van der Waals surface area contributed by atoms with Crippen molar-refractivity contribution in [3.05, 3.63) is 29.8 Å². The van der Waals surface area contributed by atoms with Crippen LogP contribution in [0.3, 0.4) is 0 Å². The normalized spacial score (nSPS) is 20.9. The van der Waals surface area contributed by atoms with Crippen LogP contribution in [-0.2, 0) is 24.2 Å². The molecule has 0 fully saturated rings. The summed E-state index contributed by atoms with van der Waals surface area (Å²) in [5.41, 5.74) is -0.907. The third-order valence-electron chi connectivity index (χ3n) is 3.91. The molecular weight excluding hydrogens is 336 g/mol. The zero-order chi connectivity index (χ0) is 18.1. The fraction of sp³-hybridized carbons (Fsp3) is 0.400. The number of nitrogens with zero attached hydrogens (tertiary/aromatic N) is 2. The van der Waals surface area contributed by atoms with Gasteiger partial charge >= 0.3 is 5.97 Å². The van der Waals surface area contributed by atoms with Crippen molar-refractivity contribution in [2.24, 2.45) is 10.5 Å². The molecule has 1 aromatic rings. The maximum absolute atomic E-state index is 12.5. The second-order valence-electron chi connectivity index (χ2n) is 5.57. The topological polar surface area (TPSA) is 113 Å². The number of hydrogen-bond acceptors (Lipinski definition) is 7. The molecule has 0 aromatic heterocycles. The number of benzene rings is 1. The summed E-state index contributed by atoms with van der Waals surface area (Å²) in [6.45, 7) is -0.627. The number of hydrazone groups is 1. The number of ether oxygens (including phenoxy) is 1. The van der Waals surface area contributed by atoms with E-state index in [0.717, 1.165) is 11.3 Å². The van der Waals surface area contributed by atoms with Crippen molar-refractivity contribution in [3.63, 3.8) is 0 Å². The van der Waals surface area contributed by atoms with Crippen molar-refractivity contribution in [2.45, 2.75) is 11.3 Å². The molecule has 0 aliphatic carbocycles. The summed E-state index contributed by atoms with van der Waals surface area (Å²) >= 11 is 0. The number of carbonyl (C=O) groups excluding carboxylic acids is 2. The molecule has 0 bridgehead atoms. The lowest BCUT2D eigenvalue weighted by atomic mass is 9.77. The number of aliphatic hydroxyl groups excluding tert-OH is 1. The number of sulfone groups is 1. The second kappa shape index (κ2) is 6.33. The Balaban J connectivity index is 2.51. The molecule has 1 heterocycles. The third kappa shape index (κ3) is 3.04. The first-order valence-corrected chi connectivity index (χ1v) is 8.90. The van der Waals surface area contributed by atoms with Crippen LogP contribution in [0.2, 0.25) is 0 Å². The van der Waals surface area contributed by atoms with Crippen molar-refractivity contribution in [3.8, 4) is 0 Å². The standard InChI is InChI=1S/C15H18N2O6S/c1-17-14(20)15(9-18,8-12(19)23-2)13(16-17)10-4-6-11(7-5-10)24(3,21)22/h4-7,18H,8-9H2,1-3H3. The summed E-state index contributed by atoms with van der Waals surface area (Å²) < 4.78 is 27.7. The van der Waals surface area contributed by atoms with Gasteiger partial charge in [-0.3, -0.25) is 9.59 Å². The van der Waals surface area contributed by atoms with Crippen LogP contribution in [0.4, 0.5) is 0 Å². The molecule has 1 aliphatic heterocycles. The van der Waals surface area contributed by atoms with Gasteiger partial charge in [0.05, 0.1) is 30.7 Å². The van der Waals surface area contributed by atoms with Crippen molar-refractivity contribution >= 4 is 27.4 Å². The fourth-order valence-corrected chi connectivity index (χ4v) is 3.20. The molecule has 1 aliphatic rings. The first-order chi connectivity index (χ1) is 11.2. The van der Waals surface area contributed by atoms with Gasteiger partial charge in [-0.15, -0.1) is 0 Å². The minimum atomic E-state index is -3.36. The van der Waals surface area contributed by atoms with Crippen LogP contribution in [0.5, 0.6) is 0 Å². The van der Waals surface area contributed by atoms with Gasteiger partial charge in [0.1, 0.15) is 5.41 Å². The maximum atomic E-state index is 12.5. The van der Waals surface area contributed by atoms with Gasteiger partial charge in [-0.2, -0.15) is 5.10 Å². The Kier molecular flexibility index (Phi) is 4.77. The number of hydrogen-bond donors (Lipinski definition) is 1. The van der Waals surface area contributed by atoms with E-state index in [1.807, 2.05) is 0 Å². The van der Waals surface area contributed by atoms with E-state index >= 15 is 0 Å². The van der Waals surface area contributed by atoms with E-state index in [4.69, 9.17) is 0 Å². The minimum absolute atomic E-state index is 0.118. The molecule has 9 heteroatoms. The highest BCUT2D eigenvalue weighted by atomic mass is 32.2. The van der Waals surface area contributed by atoms with Gasteiger partial charge < -0.3 is 9.84 Å². The average Bonchev–Trinajstić information content (AvgIpc) is 2.79. The Morgan fingerprint density at radius 3 is 2.38 bits per heavy atom. The van der Waals surface area contributed by atoms with E-state index in [1.54, 1.807) is 0 Å². The molecule has 0 radical (unpaired) electrons. The van der Waals surface area contributed by atoms with E-state index in [1.165, 1.54) is 38.4 Å². The highest BCUT2D eigenvalue weighted by molar-refractivity contribution is 7.90. The Morgan fingerprint density at radius 2 is 1.92 bits per heavy atom. The molecule has 1 amide bonds. The lowest BCUT2D eigenvalue weighted by Crippen LogP contribution is -2.44. The Labute approximate surface area is 139 Å². The van der Waals surface area contributed by atoms with Crippen LogP contribution in [0, 0.1) is 5.41 Å². The van der Waals surface area contributed by atoms with E-state index < -0.39 is 33.7 Å². The second-order valence-corrected chi connectivity index (χ2v) is 7.58. The first-order valence-electron chi connectivity index (χ1n) is 7.01. The third-order valence-corrected chi connectivity index (χ3v) is 5.03. The van der Waals surface area contributed by atoms with E-state index in [-0.39, 0.29) is 17.0 Å². The highest BCUT2D eigenvalue weighted by Gasteiger charge is 2.51. The van der Waals surface area contributed by atoms with Gasteiger partial charge in [-0.1, -0.05) is 12.1 Å². The summed E-state index contributed by atoms with van der Waals surface area (Å²) in [6, 6.07) is 5.75. The van der Waals surface area contributed by atoms with Gasteiger partial charge in [0.25, 0.3) is 5.91 Å². The molecule has 24 heavy (non-hydrogen) atoms. The van der Waals surface area contributed by atoms with Crippen molar-refractivity contribution in [1.29, 1.82) is 0 Å². The van der Waals surface area contributed by atoms with Gasteiger partial charge in [-0.25, -0.2) is 13.4 Å². The van der Waals surface area contributed by atoms with Crippen molar-refractivity contribution in [1.82, 2.24) is 5.01 Å². The molecule has 0 saturated carbocycles. The molecule has 1 unspecified atom stereocenters. The van der Waals surface area contributed by atoms with Gasteiger partial charge in [0, 0.05) is 13.3 Å². The summed E-state index contributed by atoms with van der Waals surface area (Å²) in [5.74, 6) is -1.19. The summed E-state index contributed by atoms with van der Waals surface area (Å²) in [6.07, 6.45) is 0.720. The number of carbonyl (C=O) groups is 2. The van der Waals surface area contributed by atoms with Crippen LogP contribution < -0.4 is 0 Å². The molecule has 0 saturated heterocycles. The lowest BCUT2D eigenvalue weighted by Gasteiger charge is -2.25. The molecule has 1 aromatic carbocycles. The SMILES string of the molecule is COC(=O)CC1(CO)C(=O)N(C)N=C1c1ccc(S(C)(=O)=O)cc1. The zero-order valence-electron chi connectivity index (χ0n) is 13.5. The van der Waals surface area contributed by atoms with Crippen LogP contribution in [-0.4, -0.2) is 63.1 Å². The molecule has 1 atom stereocenters. The van der Waals surface area contributed by atoms with Gasteiger partial charge in [-0.05, 0) is 17.7 Å². The predicted molar refractivity (Wildman–Crippen MR) is 85.0 cm³/mol. The minimum Gasteiger partial charge on any atom is -0.469 e. The predicted octanol–water partition coefficient (Wildman–Crippen LogP) is -0.192. The van der Waals surface area contributed by atoms with E-state index in [9.17, 15) is 23.1 Å². The highest BCUT2D eigenvalue weighted by Crippen LogP contribution is 2.35. The van der Waals surface area contributed by atoms with Crippen molar-refractivity contribution < 1.29 is 27.9 Å². The first kappa shape index (κ1) is 18.1. The number of methoxy groups -OCH3 is 1. The van der Waals surface area contributed by atoms with Crippen LogP contribution in [0.1, 0.15) is 12.0 Å². The monoisotopic (exact) mass is 354 g/mol. The van der Waals surface area contributed by atoms with Crippen molar-refractivity contribution in [2.75, 3.05) is 27.0 Å². The maximum Gasteiger partial charge on any atom is 0.307 e. The number of aliphatic hydroxyl groups is 1. The Bertz CT molecular complexity index is 800. The van der Waals surface area contributed by atoms with Crippen LogP contribution >= 0.6 is 0 Å². The number of rotatable bonds is 5. The summed E-state index contributed by atoms with van der Waals surface area (Å²) in [7, 11) is -0.755. The Morgan fingerprint density at radius 1 is 1.33 bits per heavy atom. The number of amides is 1. The lowest BCUT2D eigenvalue weighted by molar-refractivity contribution is -0.148. The molecule has 1 N–H and O–H groups in total. The molecular formula is C15H18N2O6S. The fourth-order valence-electron chi connectivity index (χ4n) is 2.57. The van der Waals surface area contributed by atoms with Gasteiger partial charge in [0.15, 0.2) is 9.84 Å². The quantitative estimate of drug-likeness (QED) is 0.733.